The van der Waals surface area contributed by atoms with Crippen LogP contribution in [0.4, 0.5) is 4.39 Å². The Labute approximate surface area is 71.8 Å². The van der Waals surface area contributed by atoms with Gasteiger partial charge in [0.2, 0.25) is 0 Å². The van der Waals surface area contributed by atoms with Crippen LogP contribution in [-0.4, -0.2) is 18.1 Å². The van der Waals surface area contributed by atoms with Crippen molar-refractivity contribution in [1.29, 1.82) is 0 Å². The molecular formula is C9H14FNO. The smallest absolute Gasteiger partial charge is 0.257 e. The molecule has 1 N–H and O–H groups in total. The average Bonchev–Trinajstić information content (AvgIpc) is 2.00. The van der Waals surface area contributed by atoms with E-state index in [9.17, 15) is 9.18 Å². The van der Waals surface area contributed by atoms with Gasteiger partial charge in [0.1, 0.15) is 0 Å². The zero-order valence-corrected chi connectivity index (χ0v) is 7.27. The fraction of sp³-hybridized carbons (Fsp3) is 0.667. The number of hydrogen-bond donors (Lipinski definition) is 1. The van der Waals surface area contributed by atoms with Crippen LogP contribution in [0, 0.1) is 0 Å². The lowest BCUT2D eigenvalue weighted by Crippen LogP contribution is -2.48. The van der Waals surface area contributed by atoms with Crippen molar-refractivity contribution in [3.63, 3.8) is 0 Å². The zero-order chi connectivity index (χ0) is 9.03. The predicted octanol–water partition coefficient (Wildman–Crippen LogP) is 1.57. The van der Waals surface area contributed by atoms with E-state index in [1.165, 1.54) is 0 Å². The standard InChI is InChI=1S/C9H14FNO/c1-2-3-7-11-8(12)9(10)5-4-6-9/h2-3H,4-7H2,1H3,(H,11,12)/b3-2+. The molecule has 2 nitrogen and oxygen atoms in total. The van der Waals surface area contributed by atoms with E-state index >= 15 is 0 Å². The Bertz CT molecular complexity index is 197. The number of amides is 1. The van der Waals surface area contributed by atoms with Gasteiger partial charge in [0.15, 0.2) is 5.67 Å². The molecule has 0 aliphatic heterocycles. The summed E-state index contributed by atoms with van der Waals surface area (Å²) >= 11 is 0. The largest absolute Gasteiger partial charge is 0.350 e. The minimum Gasteiger partial charge on any atom is -0.350 e. The van der Waals surface area contributed by atoms with Crippen LogP contribution in [0.5, 0.6) is 0 Å². The maximum atomic E-state index is 13.3. The SMILES string of the molecule is C/C=C/CNC(=O)C1(F)CCC1. The summed E-state index contributed by atoms with van der Waals surface area (Å²) in [6.45, 7) is 2.29. The normalized spacial score (nSPS) is 20.5. The molecule has 1 aliphatic carbocycles. The molecule has 0 aromatic rings. The fourth-order valence-corrected chi connectivity index (χ4v) is 1.14. The van der Waals surface area contributed by atoms with Crippen molar-refractivity contribution in [2.45, 2.75) is 31.9 Å². The van der Waals surface area contributed by atoms with Gasteiger partial charge in [-0.05, 0) is 26.2 Å². The summed E-state index contributed by atoms with van der Waals surface area (Å²) < 4.78 is 13.3. The molecule has 0 spiro atoms. The van der Waals surface area contributed by atoms with E-state index in [1.807, 2.05) is 13.0 Å². The van der Waals surface area contributed by atoms with E-state index in [0.717, 1.165) is 6.42 Å². The third-order valence-electron chi connectivity index (χ3n) is 2.17. The molecule has 3 heteroatoms. The van der Waals surface area contributed by atoms with Gasteiger partial charge in [0, 0.05) is 6.54 Å². The molecule has 1 rings (SSSR count). The van der Waals surface area contributed by atoms with Crippen LogP contribution in [0.3, 0.4) is 0 Å². The number of hydrogen-bond acceptors (Lipinski definition) is 1. The summed E-state index contributed by atoms with van der Waals surface area (Å²) in [4.78, 5) is 11.1. The highest BCUT2D eigenvalue weighted by molar-refractivity contribution is 5.86. The highest BCUT2D eigenvalue weighted by atomic mass is 19.1. The fourth-order valence-electron chi connectivity index (χ4n) is 1.14. The van der Waals surface area contributed by atoms with Crippen molar-refractivity contribution in [1.82, 2.24) is 5.32 Å². The van der Waals surface area contributed by atoms with Crippen molar-refractivity contribution in [2.24, 2.45) is 0 Å². The van der Waals surface area contributed by atoms with Crippen LogP contribution in [-0.2, 0) is 4.79 Å². The second kappa shape index (κ2) is 3.70. The molecule has 0 unspecified atom stereocenters. The van der Waals surface area contributed by atoms with Gasteiger partial charge in [-0.2, -0.15) is 0 Å². The van der Waals surface area contributed by atoms with Crippen LogP contribution < -0.4 is 5.32 Å². The second-order valence-electron chi connectivity index (χ2n) is 3.10. The van der Waals surface area contributed by atoms with Crippen LogP contribution in [0.1, 0.15) is 26.2 Å². The summed E-state index contributed by atoms with van der Waals surface area (Å²) in [6.07, 6.45) is 5.21. The van der Waals surface area contributed by atoms with Crippen molar-refractivity contribution in [2.75, 3.05) is 6.54 Å². The molecule has 0 saturated heterocycles. The number of nitrogens with one attached hydrogen (secondary N) is 1. The monoisotopic (exact) mass is 171 g/mol. The number of rotatable bonds is 3. The number of allylic oxidation sites excluding steroid dienone is 1. The molecule has 0 aromatic carbocycles. The number of carbonyl (C=O) groups is 1. The summed E-state index contributed by atoms with van der Waals surface area (Å²) in [5, 5.41) is 2.53. The summed E-state index contributed by atoms with van der Waals surface area (Å²) in [7, 11) is 0. The van der Waals surface area contributed by atoms with Gasteiger partial charge in [-0.25, -0.2) is 4.39 Å². The van der Waals surface area contributed by atoms with Gasteiger partial charge in [0.25, 0.3) is 5.91 Å². The molecule has 68 valence electrons. The summed E-state index contributed by atoms with van der Waals surface area (Å²) in [5.41, 5.74) is -1.55. The number of halogens is 1. The molecule has 1 amide bonds. The first-order valence-electron chi connectivity index (χ1n) is 4.27. The van der Waals surface area contributed by atoms with Crippen molar-refractivity contribution in [3.05, 3.63) is 12.2 Å². The molecule has 0 atom stereocenters. The van der Waals surface area contributed by atoms with E-state index < -0.39 is 11.6 Å². The lowest BCUT2D eigenvalue weighted by Gasteiger charge is -2.31. The second-order valence-corrected chi connectivity index (χ2v) is 3.10. The Morgan fingerprint density at radius 1 is 1.67 bits per heavy atom. The topological polar surface area (TPSA) is 29.1 Å². The van der Waals surface area contributed by atoms with E-state index in [1.54, 1.807) is 6.08 Å². The van der Waals surface area contributed by atoms with Crippen LogP contribution >= 0.6 is 0 Å². The quantitative estimate of drug-likeness (QED) is 0.642. The first-order valence-corrected chi connectivity index (χ1v) is 4.27. The van der Waals surface area contributed by atoms with Crippen LogP contribution in [0.2, 0.25) is 0 Å². The highest BCUT2D eigenvalue weighted by Gasteiger charge is 2.44. The molecule has 1 fully saturated rings. The van der Waals surface area contributed by atoms with Crippen LogP contribution in [0.15, 0.2) is 12.2 Å². The van der Waals surface area contributed by atoms with Crippen LogP contribution in [0.25, 0.3) is 0 Å². The van der Waals surface area contributed by atoms with E-state index in [0.29, 0.717) is 19.4 Å². The van der Waals surface area contributed by atoms with Gasteiger partial charge in [-0.15, -0.1) is 0 Å². The molecule has 1 saturated carbocycles. The van der Waals surface area contributed by atoms with E-state index in [-0.39, 0.29) is 0 Å². The zero-order valence-electron chi connectivity index (χ0n) is 7.27. The molecule has 0 bridgehead atoms. The van der Waals surface area contributed by atoms with Gasteiger partial charge in [-0.1, -0.05) is 12.2 Å². The minimum atomic E-state index is -1.55. The maximum Gasteiger partial charge on any atom is 0.257 e. The van der Waals surface area contributed by atoms with Gasteiger partial charge < -0.3 is 5.32 Å². The predicted molar refractivity (Wildman–Crippen MR) is 45.5 cm³/mol. The Kier molecular flexibility index (Phi) is 2.84. The molecular weight excluding hydrogens is 157 g/mol. The first kappa shape index (κ1) is 9.23. The molecule has 0 heterocycles. The Hall–Kier alpha value is -0.860. The molecule has 0 radical (unpaired) electrons. The van der Waals surface area contributed by atoms with E-state index in [4.69, 9.17) is 0 Å². The lowest BCUT2D eigenvalue weighted by molar-refractivity contribution is -0.138. The molecule has 1 aliphatic rings. The lowest BCUT2D eigenvalue weighted by atomic mass is 9.81. The highest BCUT2D eigenvalue weighted by Crippen LogP contribution is 2.35. The number of alkyl halides is 1. The average molecular weight is 171 g/mol. The van der Waals surface area contributed by atoms with Crippen molar-refractivity contribution < 1.29 is 9.18 Å². The van der Waals surface area contributed by atoms with E-state index in [2.05, 4.69) is 5.32 Å². The van der Waals surface area contributed by atoms with Crippen molar-refractivity contribution >= 4 is 5.91 Å². The Morgan fingerprint density at radius 3 is 2.75 bits per heavy atom. The van der Waals surface area contributed by atoms with Gasteiger partial charge in [0.05, 0.1) is 0 Å². The molecule has 12 heavy (non-hydrogen) atoms. The van der Waals surface area contributed by atoms with Crippen molar-refractivity contribution in [3.8, 4) is 0 Å². The first-order chi connectivity index (χ1) is 5.69. The summed E-state index contributed by atoms with van der Waals surface area (Å²) in [5.74, 6) is -0.452. The minimum absolute atomic E-state index is 0.384. The third kappa shape index (κ3) is 1.84. The third-order valence-corrected chi connectivity index (χ3v) is 2.17. The summed E-state index contributed by atoms with van der Waals surface area (Å²) in [6, 6.07) is 0. The van der Waals surface area contributed by atoms with Gasteiger partial charge in [-0.3, -0.25) is 4.79 Å². The number of carbonyl (C=O) groups excluding carboxylic acids is 1. The maximum absolute atomic E-state index is 13.3. The molecule has 0 aromatic heterocycles. The Morgan fingerprint density at radius 2 is 2.33 bits per heavy atom. The Balaban J connectivity index is 2.28. The van der Waals surface area contributed by atoms with Gasteiger partial charge >= 0.3 is 0 Å².